The first-order chi connectivity index (χ1) is 37.8. The van der Waals surface area contributed by atoms with Crippen molar-refractivity contribution in [1.82, 2.24) is 5.32 Å². The second kappa shape index (κ2) is 18.2. The van der Waals surface area contributed by atoms with Crippen LogP contribution in [0.1, 0.15) is 164 Å². The monoisotopic (exact) mass is 1060 g/mol. The summed E-state index contributed by atoms with van der Waals surface area (Å²) in [6.45, 7) is -0.281. The first kappa shape index (κ1) is 51.2. The van der Waals surface area contributed by atoms with E-state index in [1.54, 1.807) is 6.08 Å². The Morgan fingerprint density at radius 1 is 0.731 bits per heavy atom. The van der Waals surface area contributed by atoms with Gasteiger partial charge in [-0.3, -0.25) is 5.32 Å². The third-order valence-electron chi connectivity index (χ3n) is 26.8. The molecule has 22 atom stereocenters. The molecule has 10 nitrogen and oxygen atoms in total. The molecule has 14 aliphatic rings. The Morgan fingerprint density at radius 2 is 1.51 bits per heavy atom. The number of rotatable bonds is 5. The highest BCUT2D eigenvalue weighted by atomic mass is 16.5. The number of allylic oxidation sites excluding steroid dienone is 2. The van der Waals surface area contributed by atoms with Gasteiger partial charge in [0.25, 0.3) is 0 Å². The van der Waals surface area contributed by atoms with Crippen LogP contribution in [0.25, 0.3) is 0 Å². The number of benzene rings is 2. The molecule has 0 radical (unpaired) electrons. The molecule has 4 bridgehead atoms. The van der Waals surface area contributed by atoms with Crippen molar-refractivity contribution < 1.29 is 45.0 Å². The van der Waals surface area contributed by atoms with Gasteiger partial charge in [-0.05, 0) is 185 Å². The van der Waals surface area contributed by atoms with Gasteiger partial charge in [0.2, 0.25) is 0 Å². The fourth-order valence-corrected chi connectivity index (χ4v) is 24.1. The van der Waals surface area contributed by atoms with Crippen LogP contribution in [0, 0.1) is 105 Å². The molecule has 78 heavy (non-hydrogen) atoms. The Labute approximate surface area is 461 Å². The molecule has 1 heterocycles. The van der Waals surface area contributed by atoms with Gasteiger partial charge < -0.3 is 40.2 Å². The van der Waals surface area contributed by atoms with Crippen LogP contribution >= 0.6 is 0 Å². The number of nitrogens with one attached hydrogen (secondary N) is 1. The molecule has 0 aromatic heterocycles. The van der Waals surface area contributed by atoms with Crippen molar-refractivity contribution in [3.63, 3.8) is 0 Å². The Balaban J connectivity index is 0.927. The van der Waals surface area contributed by atoms with Crippen molar-refractivity contribution in [3.05, 3.63) is 95.1 Å². The van der Waals surface area contributed by atoms with Crippen molar-refractivity contribution in [3.8, 4) is 11.8 Å². The lowest BCUT2D eigenvalue weighted by molar-refractivity contribution is -0.386. The first-order valence-corrected chi connectivity index (χ1v) is 31.4. The number of ether oxygens (including phenoxy) is 1. The summed E-state index contributed by atoms with van der Waals surface area (Å²) in [5.74, 6) is 5.27. The van der Waals surface area contributed by atoms with E-state index in [1.807, 2.05) is 12.1 Å². The van der Waals surface area contributed by atoms with Gasteiger partial charge in [-0.25, -0.2) is 4.79 Å². The summed E-state index contributed by atoms with van der Waals surface area (Å²) in [5.41, 5.74) is -5.91. The minimum atomic E-state index is -2.26. The molecular formula is C68H85NO9. The Morgan fingerprint density at radius 3 is 2.31 bits per heavy atom. The maximum Gasteiger partial charge on any atom is 0.331 e. The topological polar surface area (TPSA) is 177 Å². The number of aliphatic hydroxyl groups is 6. The fourth-order valence-electron chi connectivity index (χ4n) is 24.1. The largest absolute Gasteiger partial charge is 0.454 e. The van der Waals surface area contributed by atoms with Crippen molar-refractivity contribution >= 4 is 12.3 Å². The number of hydrogen-bond acceptors (Lipinski definition) is 10. The van der Waals surface area contributed by atoms with Crippen molar-refractivity contribution in [2.45, 2.75) is 195 Å². The van der Waals surface area contributed by atoms with E-state index in [0.29, 0.717) is 62.2 Å². The van der Waals surface area contributed by atoms with Gasteiger partial charge in [-0.15, -0.1) is 0 Å². The molecule has 16 rings (SSSR count). The predicted molar refractivity (Wildman–Crippen MR) is 293 cm³/mol. The highest BCUT2D eigenvalue weighted by Gasteiger charge is 2.87. The molecule has 7 N–H and O–H groups in total. The standard InChI is InChI=1S/C68H85NO9/c70-38-65-37-63(27-22-46-29-44(19-20-52(46)63)40-11-2-1-3-12-40)60(73)53-31-45-17-10-18-48(42-14-5-6-15-42)49(45)33-54(67(53,65)76)61(74)68(77)56(65)23-28-64-36-62(24-8-9-25-62)26-21-41-13-4-7-16-43(41)32-55(69-39-71)50-30-47(35-66(64,68)75)58(64)51-34-57(72)78-59(50)51/h1-4,7,10-13,16-17,34,38,42,44-50,52-56,58-61,69,71,73-77H,5-6,8-9,14-15,18-20,22-25,27-33,35-37,39H2/t44-,45-,46+,47+,48+,49-,50-,52+,53+,54-,55+,56-,58-,59+,60-,61+,63+,64+,65+,66-,67-,68-/m1/s1. The SMILES string of the molecule is O=C[C@@]12C[C@]3(CC[C@H]4C[C@H](c5ccccc5)CC[C@@H]43)[C@H](O)[C@@H]3C[C@H]4C=CC[C@@H](C5CCCC5)[C@@H]4C[C@H]([C@H](O)[C@]4(O)[C@@H]1CC[C@@]15CC6(C#Cc7ccccc7C[C@H](NCO)[C@H]7C[C@@H](C[C@@]14O)[C@@H]5C1=CC(=O)O[C@H]17)CCCC6)[C@]32O. The van der Waals surface area contributed by atoms with Crippen LogP contribution in [0.15, 0.2) is 78.4 Å². The van der Waals surface area contributed by atoms with Crippen molar-refractivity contribution in [1.29, 1.82) is 0 Å². The smallest absolute Gasteiger partial charge is 0.331 e. The van der Waals surface area contributed by atoms with Gasteiger partial charge in [-0.1, -0.05) is 111 Å². The van der Waals surface area contributed by atoms with Crippen molar-refractivity contribution in [2.24, 2.45) is 92.7 Å². The Bertz CT molecular complexity index is 2840. The molecule has 0 unspecified atom stereocenters. The van der Waals surface area contributed by atoms with Gasteiger partial charge in [0.1, 0.15) is 23.6 Å². The Hall–Kier alpha value is -3.66. The third-order valence-corrected chi connectivity index (χ3v) is 26.8. The summed E-state index contributed by atoms with van der Waals surface area (Å²) < 4.78 is 6.44. The Kier molecular flexibility index (Phi) is 11.9. The van der Waals surface area contributed by atoms with Gasteiger partial charge >= 0.3 is 5.97 Å². The summed E-state index contributed by atoms with van der Waals surface area (Å²) in [5, 5.41) is 87.4. The van der Waals surface area contributed by atoms with Gasteiger partial charge in [0.05, 0.1) is 30.0 Å². The van der Waals surface area contributed by atoms with E-state index in [4.69, 9.17) is 4.74 Å². The molecule has 1 aliphatic heterocycles. The number of aldehydes is 1. The van der Waals surface area contributed by atoms with Gasteiger partial charge in [-0.2, -0.15) is 0 Å². The maximum absolute atomic E-state index is 15.6. The molecule has 10 heteroatoms. The van der Waals surface area contributed by atoms with Crippen LogP contribution in [0.4, 0.5) is 0 Å². The molecular weight excluding hydrogens is 975 g/mol. The van der Waals surface area contributed by atoms with Crippen molar-refractivity contribution in [2.75, 3.05) is 6.73 Å². The molecule has 3 spiro atoms. The lowest BCUT2D eigenvalue weighted by Gasteiger charge is -2.75. The van der Waals surface area contributed by atoms with E-state index in [1.165, 1.54) is 18.4 Å². The van der Waals surface area contributed by atoms with E-state index in [9.17, 15) is 25.2 Å². The van der Waals surface area contributed by atoms with E-state index in [2.05, 4.69) is 71.8 Å². The first-order valence-electron chi connectivity index (χ1n) is 31.4. The molecule has 10 fully saturated rings. The predicted octanol–water partition coefficient (Wildman–Crippen LogP) is 8.88. The minimum absolute atomic E-state index is 0.0233. The zero-order chi connectivity index (χ0) is 53.2. The zero-order valence-corrected chi connectivity index (χ0v) is 45.7. The molecule has 2 aromatic carbocycles. The average Bonchev–Trinajstić information content (AvgIpc) is 2.16. The summed E-state index contributed by atoms with van der Waals surface area (Å²) in [4.78, 5) is 29.6. The van der Waals surface area contributed by atoms with E-state index < -0.39 is 86.4 Å². The van der Waals surface area contributed by atoms with E-state index in [0.717, 1.165) is 100 Å². The van der Waals surface area contributed by atoms with Gasteiger partial charge in [0.15, 0.2) is 0 Å². The second-order valence-corrected chi connectivity index (χ2v) is 29.0. The highest BCUT2D eigenvalue weighted by Crippen LogP contribution is 2.81. The number of esters is 1. The second-order valence-electron chi connectivity index (χ2n) is 29.0. The van der Waals surface area contributed by atoms with Crippen LogP contribution in [0.2, 0.25) is 0 Å². The normalized spacial score (nSPS) is 50.2. The number of fused-ring (bicyclic) bond motifs is 7. The number of carbonyl (C=O) groups is 2. The van der Waals surface area contributed by atoms with Gasteiger partial charge in [0, 0.05) is 57.6 Å². The number of hydrogen-bond donors (Lipinski definition) is 7. The van der Waals surface area contributed by atoms with Crippen LogP contribution < -0.4 is 5.32 Å². The number of carbonyl (C=O) groups excluding carboxylic acids is 2. The molecule has 10 saturated carbocycles. The van der Waals surface area contributed by atoms with Crippen LogP contribution in [0.3, 0.4) is 0 Å². The van der Waals surface area contributed by atoms with Crippen LogP contribution in [-0.4, -0.2) is 90.8 Å². The van der Waals surface area contributed by atoms with Crippen LogP contribution in [0.5, 0.6) is 0 Å². The summed E-state index contributed by atoms with van der Waals surface area (Å²) in [7, 11) is 0. The molecule has 0 amide bonds. The fraction of sp³-hybridized carbons (Fsp3) is 0.706. The molecule has 13 aliphatic carbocycles. The lowest BCUT2D eigenvalue weighted by Crippen LogP contribution is -2.86. The average molecular weight is 1060 g/mol. The highest BCUT2D eigenvalue weighted by molar-refractivity contribution is 5.86. The molecule has 416 valence electrons. The maximum atomic E-state index is 15.6. The molecule has 2 aromatic rings. The molecule has 0 saturated heterocycles. The zero-order valence-electron chi connectivity index (χ0n) is 45.7. The minimum Gasteiger partial charge on any atom is -0.454 e. The van der Waals surface area contributed by atoms with Crippen LogP contribution in [-0.2, 0) is 20.7 Å². The number of aliphatic hydroxyl groups excluding tert-OH is 3. The van der Waals surface area contributed by atoms with E-state index >= 15 is 15.0 Å². The summed E-state index contributed by atoms with van der Waals surface area (Å²) in [6, 6.07) is 18.8. The summed E-state index contributed by atoms with van der Waals surface area (Å²) in [6.07, 6.45) is 21.5. The van der Waals surface area contributed by atoms with E-state index in [-0.39, 0.29) is 61.6 Å². The third kappa shape index (κ3) is 6.70. The summed E-state index contributed by atoms with van der Waals surface area (Å²) >= 11 is 0. The lowest BCUT2D eigenvalue weighted by atomic mass is 9.32. The quantitative estimate of drug-likeness (QED) is 0.0504.